The van der Waals surface area contributed by atoms with Crippen molar-refractivity contribution in [1.82, 2.24) is 0 Å². The third-order valence-corrected chi connectivity index (χ3v) is 6.28. The summed E-state index contributed by atoms with van der Waals surface area (Å²) in [4.78, 5) is 11.9. The third-order valence-electron chi connectivity index (χ3n) is 6.28. The summed E-state index contributed by atoms with van der Waals surface area (Å²) in [6.07, 6.45) is 21.8. The topological polar surface area (TPSA) is 26.3 Å². The molecule has 2 heteroatoms. The zero-order valence-electron chi connectivity index (χ0n) is 16.1. The smallest absolute Gasteiger partial charge is 0.306 e. The Morgan fingerprint density at radius 3 is 2.04 bits per heavy atom. The van der Waals surface area contributed by atoms with Gasteiger partial charge in [-0.2, -0.15) is 0 Å². The summed E-state index contributed by atoms with van der Waals surface area (Å²) in [6, 6.07) is 0. The quantitative estimate of drug-likeness (QED) is 0.323. The van der Waals surface area contributed by atoms with Crippen molar-refractivity contribution in [3.63, 3.8) is 0 Å². The largest absolute Gasteiger partial charge is 0.462 e. The maximum Gasteiger partial charge on any atom is 0.306 e. The fourth-order valence-corrected chi connectivity index (χ4v) is 4.61. The van der Waals surface area contributed by atoms with Gasteiger partial charge in [0.2, 0.25) is 0 Å². The predicted octanol–water partition coefficient (Wildman–Crippen LogP) is 6.81. The molecule has 0 N–H and O–H groups in total. The van der Waals surface area contributed by atoms with Crippen molar-refractivity contribution in [2.75, 3.05) is 0 Å². The fourth-order valence-electron chi connectivity index (χ4n) is 4.61. The maximum atomic E-state index is 11.9. The second-order valence-corrected chi connectivity index (χ2v) is 8.38. The van der Waals surface area contributed by atoms with Crippen LogP contribution in [0.15, 0.2) is 0 Å². The van der Waals surface area contributed by atoms with E-state index in [2.05, 4.69) is 6.92 Å². The van der Waals surface area contributed by atoms with Gasteiger partial charge in [-0.25, -0.2) is 0 Å². The number of hydrogen-bond acceptors (Lipinski definition) is 2. The van der Waals surface area contributed by atoms with Gasteiger partial charge in [0.05, 0.1) is 0 Å². The lowest BCUT2D eigenvalue weighted by molar-refractivity contribution is -0.150. The normalized spacial score (nSPS) is 25.5. The van der Waals surface area contributed by atoms with Crippen molar-refractivity contribution < 1.29 is 9.53 Å². The van der Waals surface area contributed by atoms with Gasteiger partial charge in [-0.3, -0.25) is 4.79 Å². The first-order valence-corrected chi connectivity index (χ1v) is 11.0. The Labute approximate surface area is 150 Å². The zero-order chi connectivity index (χ0) is 17.0. The van der Waals surface area contributed by atoms with Crippen LogP contribution in [0.5, 0.6) is 0 Å². The van der Waals surface area contributed by atoms with Crippen LogP contribution in [-0.2, 0) is 9.53 Å². The SMILES string of the molecule is CCCCC1CCC(CCCCCC(=O)OC2CCCCC2)CC1. The number of carbonyl (C=O) groups excluding carboxylic acids is 1. The second-order valence-electron chi connectivity index (χ2n) is 8.38. The van der Waals surface area contributed by atoms with Gasteiger partial charge in [0, 0.05) is 6.42 Å². The van der Waals surface area contributed by atoms with Crippen molar-refractivity contribution in [1.29, 1.82) is 0 Å². The molecular formula is C22H40O2. The first kappa shape index (κ1) is 19.8. The minimum atomic E-state index is 0.0540. The Bertz CT molecular complexity index is 325. The molecule has 0 bridgehead atoms. The van der Waals surface area contributed by atoms with E-state index in [0.717, 1.165) is 31.1 Å². The minimum absolute atomic E-state index is 0.0540. The van der Waals surface area contributed by atoms with E-state index in [1.165, 1.54) is 83.5 Å². The van der Waals surface area contributed by atoms with Crippen LogP contribution in [0.3, 0.4) is 0 Å². The van der Waals surface area contributed by atoms with Gasteiger partial charge in [-0.15, -0.1) is 0 Å². The third kappa shape index (κ3) is 8.03. The van der Waals surface area contributed by atoms with Crippen LogP contribution < -0.4 is 0 Å². The van der Waals surface area contributed by atoms with E-state index in [1.54, 1.807) is 0 Å². The predicted molar refractivity (Wildman–Crippen MR) is 101 cm³/mol. The Morgan fingerprint density at radius 2 is 1.42 bits per heavy atom. The van der Waals surface area contributed by atoms with Crippen molar-refractivity contribution in [3.05, 3.63) is 0 Å². The van der Waals surface area contributed by atoms with Crippen LogP contribution in [-0.4, -0.2) is 12.1 Å². The lowest BCUT2D eigenvalue weighted by atomic mass is 9.78. The molecule has 2 saturated carbocycles. The van der Waals surface area contributed by atoms with Crippen molar-refractivity contribution in [2.24, 2.45) is 11.8 Å². The summed E-state index contributed by atoms with van der Waals surface area (Å²) in [5.74, 6) is 2.05. The molecule has 0 atom stereocenters. The maximum absolute atomic E-state index is 11.9. The van der Waals surface area contributed by atoms with Crippen LogP contribution >= 0.6 is 0 Å². The molecule has 2 rings (SSSR count). The Kier molecular flexibility index (Phi) is 9.83. The summed E-state index contributed by atoms with van der Waals surface area (Å²) >= 11 is 0. The molecule has 0 unspecified atom stereocenters. The molecule has 0 aromatic carbocycles. The van der Waals surface area contributed by atoms with Crippen LogP contribution in [0.2, 0.25) is 0 Å². The molecule has 140 valence electrons. The van der Waals surface area contributed by atoms with Crippen molar-refractivity contribution >= 4 is 5.97 Å². The standard InChI is InChI=1S/C22H40O2/c1-2-3-10-19-15-17-20(18-16-19)11-6-4-9-14-22(23)24-21-12-7-5-8-13-21/h19-21H,2-18H2,1H3. The average molecular weight is 337 g/mol. The summed E-state index contributed by atoms with van der Waals surface area (Å²) in [6.45, 7) is 2.30. The minimum Gasteiger partial charge on any atom is -0.462 e. The molecule has 0 radical (unpaired) electrons. The van der Waals surface area contributed by atoms with Gasteiger partial charge in [-0.1, -0.05) is 77.6 Å². The molecular weight excluding hydrogens is 296 g/mol. The van der Waals surface area contributed by atoms with Gasteiger partial charge in [0.1, 0.15) is 6.10 Å². The highest BCUT2D eigenvalue weighted by Crippen LogP contribution is 2.34. The highest BCUT2D eigenvalue weighted by atomic mass is 16.5. The summed E-state index contributed by atoms with van der Waals surface area (Å²) in [5, 5.41) is 0. The highest BCUT2D eigenvalue weighted by molar-refractivity contribution is 5.69. The van der Waals surface area contributed by atoms with E-state index in [1.807, 2.05) is 0 Å². The van der Waals surface area contributed by atoms with E-state index in [4.69, 9.17) is 4.74 Å². The molecule has 0 heterocycles. The fraction of sp³-hybridized carbons (Fsp3) is 0.955. The molecule has 0 aromatic rings. The van der Waals surface area contributed by atoms with Crippen LogP contribution in [0, 0.1) is 11.8 Å². The molecule has 0 amide bonds. The first-order valence-electron chi connectivity index (χ1n) is 11.0. The number of carbonyl (C=O) groups is 1. The Morgan fingerprint density at radius 1 is 0.792 bits per heavy atom. The summed E-state index contributed by atoms with van der Waals surface area (Å²) in [7, 11) is 0. The number of rotatable bonds is 10. The summed E-state index contributed by atoms with van der Waals surface area (Å²) < 4.78 is 5.59. The van der Waals surface area contributed by atoms with E-state index in [-0.39, 0.29) is 12.1 Å². The molecule has 0 spiro atoms. The number of esters is 1. The van der Waals surface area contributed by atoms with E-state index >= 15 is 0 Å². The van der Waals surface area contributed by atoms with Crippen LogP contribution in [0.1, 0.15) is 116 Å². The zero-order valence-corrected chi connectivity index (χ0v) is 16.1. The van der Waals surface area contributed by atoms with Gasteiger partial charge >= 0.3 is 5.97 Å². The highest BCUT2D eigenvalue weighted by Gasteiger charge is 2.20. The number of ether oxygens (including phenoxy) is 1. The van der Waals surface area contributed by atoms with Crippen LogP contribution in [0.25, 0.3) is 0 Å². The molecule has 2 fully saturated rings. The number of unbranched alkanes of at least 4 members (excludes halogenated alkanes) is 3. The van der Waals surface area contributed by atoms with Crippen molar-refractivity contribution in [2.45, 2.75) is 122 Å². The van der Waals surface area contributed by atoms with Gasteiger partial charge in [0.15, 0.2) is 0 Å². The Balaban J connectivity index is 1.43. The molecule has 0 aliphatic heterocycles. The first-order chi connectivity index (χ1) is 11.8. The molecule has 2 nitrogen and oxygen atoms in total. The van der Waals surface area contributed by atoms with Crippen molar-refractivity contribution in [3.8, 4) is 0 Å². The second kappa shape index (κ2) is 11.9. The summed E-state index contributed by atoms with van der Waals surface area (Å²) in [5.41, 5.74) is 0. The lowest BCUT2D eigenvalue weighted by Gasteiger charge is -2.28. The van der Waals surface area contributed by atoms with E-state index in [0.29, 0.717) is 6.42 Å². The van der Waals surface area contributed by atoms with Gasteiger partial charge in [-0.05, 0) is 43.9 Å². The average Bonchev–Trinajstić information content (AvgIpc) is 2.61. The van der Waals surface area contributed by atoms with Gasteiger partial charge < -0.3 is 4.74 Å². The number of hydrogen-bond donors (Lipinski definition) is 0. The molecule has 2 aliphatic rings. The monoisotopic (exact) mass is 336 g/mol. The molecule has 2 aliphatic carbocycles. The van der Waals surface area contributed by atoms with E-state index in [9.17, 15) is 4.79 Å². The lowest BCUT2D eigenvalue weighted by Crippen LogP contribution is -2.20. The van der Waals surface area contributed by atoms with Gasteiger partial charge in [0.25, 0.3) is 0 Å². The Hall–Kier alpha value is -0.530. The molecule has 0 saturated heterocycles. The molecule has 0 aromatic heterocycles. The van der Waals surface area contributed by atoms with E-state index < -0.39 is 0 Å². The van der Waals surface area contributed by atoms with Crippen LogP contribution in [0.4, 0.5) is 0 Å². The molecule has 24 heavy (non-hydrogen) atoms.